The van der Waals surface area contributed by atoms with Crippen LogP contribution in [0.25, 0.3) is 6.08 Å². The molecule has 0 aliphatic carbocycles. The normalized spacial score (nSPS) is 19.4. The monoisotopic (exact) mass is 420 g/mol. The number of rotatable bonds is 5. The maximum Gasteiger partial charge on any atom is 0.266 e. The van der Waals surface area contributed by atoms with Crippen LogP contribution in [0.15, 0.2) is 58.4 Å². The molecule has 2 fully saturated rings. The first-order valence-electron chi connectivity index (χ1n) is 10.5. The number of thioether (sulfide) groups is 1. The zero-order valence-corrected chi connectivity index (χ0v) is 18.7. The Morgan fingerprint density at radius 2 is 1.70 bits per heavy atom. The van der Waals surface area contributed by atoms with Crippen LogP contribution in [0, 0.1) is 0 Å². The second-order valence-corrected chi connectivity index (χ2v) is 8.76. The molecule has 2 aliphatic heterocycles. The minimum absolute atomic E-state index is 0.0229. The topological polar surface area (TPSA) is 39.2 Å². The van der Waals surface area contributed by atoms with E-state index >= 15 is 0 Å². The van der Waals surface area contributed by atoms with Crippen molar-refractivity contribution < 1.29 is 4.79 Å². The molecule has 0 unspecified atom stereocenters. The zero-order valence-electron chi connectivity index (χ0n) is 17.8. The summed E-state index contributed by atoms with van der Waals surface area (Å²) in [5.74, 6) is 0.0229. The molecular weight excluding hydrogens is 392 g/mol. The number of nitrogens with zero attached hydrogens (tertiary/aromatic N) is 4. The predicted molar refractivity (Wildman–Crippen MR) is 129 cm³/mol. The first-order valence-corrected chi connectivity index (χ1v) is 11.3. The van der Waals surface area contributed by atoms with E-state index in [1.54, 1.807) is 4.90 Å². The Bertz CT molecular complexity index is 958. The number of likely N-dealkylation sites (N-methyl/N-ethyl adjacent to an activating group) is 1. The van der Waals surface area contributed by atoms with Gasteiger partial charge in [-0.3, -0.25) is 9.69 Å². The molecule has 0 saturated carbocycles. The third-order valence-electron chi connectivity index (χ3n) is 5.46. The van der Waals surface area contributed by atoms with Crippen LogP contribution < -0.4 is 9.80 Å². The van der Waals surface area contributed by atoms with Crippen molar-refractivity contribution in [2.45, 2.75) is 19.8 Å². The molecule has 2 aromatic rings. The van der Waals surface area contributed by atoms with E-state index < -0.39 is 0 Å². The number of anilines is 2. The molecule has 0 spiro atoms. The molecule has 30 heavy (non-hydrogen) atoms. The minimum Gasteiger partial charge on any atom is -0.378 e. The van der Waals surface area contributed by atoms with Crippen molar-refractivity contribution in [2.75, 3.05) is 43.5 Å². The van der Waals surface area contributed by atoms with Crippen molar-refractivity contribution in [2.24, 2.45) is 4.99 Å². The second kappa shape index (κ2) is 8.96. The van der Waals surface area contributed by atoms with E-state index in [0.717, 1.165) is 40.1 Å². The van der Waals surface area contributed by atoms with E-state index in [-0.39, 0.29) is 5.91 Å². The van der Waals surface area contributed by atoms with Crippen molar-refractivity contribution in [3.05, 3.63) is 59.0 Å². The first kappa shape index (κ1) is 20.5. The molecule has 0 radical (unpaired) electrons. The van der Waals surface area contributed by atoms with Gasteiger partial charge in [0.15, 0.2) is 5.17 Å². The van der Waals surface area contributed by atoms with Crippen LogP contribution in [0.4, 0.5) is 17.1 Å². The summed E-state index contributed by atoms with van der Waals surface area (Å²) in [7, 11) is 4.03. The smallest absolute Gasteiger partial charge is 0.266 e. The van der Waals surface area contributed by atoms with Gasteiger partial charge in [-0.05, 0) is 79.6 Å². The number of carbonyl (C=O) groups excluding carboxylic acids is 1. The fourth-order valence-electron chi connectivity index (χ4n) is 3.71. The number of hydrogen-bond acceptors (Lipinski definition) is 5. The molecule has 4 rings (SSSR count). The third kappa shape index (κ3) is 4.38. The fraction of sp³-hybridized carbons (Fsp3) is 0.333. The number of hydrogen-bond donors (Lipinski definition) is 0. The number of amides is 1. The van der Waals surface area contributed by atoms with E-state index in [2.05, 4.69) is 34.1 Å². The summed E-state index contributed by atoms with van der Waals surface area (Å²) in [5.41, 5.74) is 4.28. The Morgan fingerprint density at radius 3 is 2.30 bits per heavy atom. The lowest BCUT2D eigenvalue weighted by Gasteiger charge is -2.17. The Labute approximate surface area is 183 Å². The quantitative estimate of drug-likeness (QED) is 0.640. The summed E-state index contributed by atoms with van der Waals surface area (Å²) in [6.45, 7) is 4.85. The van der Waals surface area contributed by atoms with E-state index in [1.807, 2.05) is 51.4 Å². The van der Waals surface area contributed by atoms with Crippen LogP contribution in [0.3, 0.4) is 0 Å². The van der Waals surface area contributed by atoms with Crippen molar-refractivity contribution in [3.63, 3.8) is 0 Å². The van der Waals surface area contributed by atoms with Crippen LogP contribution in [-0.4, -0.2) is 49.7 Å². The number of amidine groups is 1. The van der Waals surface area contributed by atoms with Gasteiger partial charge in [0.25, 0.3) is 5.91 Å². The van der Waals surface area contributed by atoms with Crippen molar-refractivity contribution >= 4 is 46.0 Å². The van der Waals surface area contributed by atoms with Crippen LogP contribution in [0.1, 0.15) is 25.3 Å². The standard InChI is InChI=1S/C24H28N4OS/c1-4-28-23(29)22(17-18-7-11-21(12-8-18)27-15-5-6-16-27)30-24(28)25-19-9-13-20(14-10-19)26(2)3/h7-14,17H,4-6,15-16H2,1-3H3/b22-17-,25-24?. The molecule has 2 aromatic carbocycles. The van der Waals surface area contributed by atoms with Gasteiger partial charge < -0.3 is 9.80 Å². The van der Waals surface area contributed by atoms with Crippen molar-refractivity contribution in [1.29, 1.82) is 0 Å². The molecule has 5 nitrogen and oxygen atoms in total. The van der Waals surface area contributed by atoms with E-state index in [0.29, 0.717) is 6.54 Å². The average Bonchev–Trinajstić information content (AvgIpc) is 3.38. The highest BCUT2D eigenvalue weighted by Crippen LogP contribution is 2.34. The zero-order chi connectivity index (χ0) is 21.1. The summed E-state index contributed by atoms with van der Waals surface area (Å²) >= 11 is 1.45. The van der Waals surface area contributed by atoms with Gasteiger partial charge in [0.05, 0.1) is 10.6 Å². The minimum atomic E-state index is 0.0229. The Balaban J connectivity index is 1.54. The number of benzene rings is 2. The van der Waals surface area contributed by atoms with Gasteiger partial charge in [-0.2, -0.15) is 0 Å². The highest BCUT2D eigenvalue weighted by Gasteiger charge is 2.32. The average molecular weight is 421 g/mol. The molecule has 2 heterocycles. The van der Waals surface area contributed by atoms with Crippen molar-refractivity contribution in [1.82, 2.24) is 4.90 Å². The third-order valence-corrected chi connectivity index (χ3v) is 6.46. The lowest BCUT2D eigenvalue weighted by atomic mass is 10.2. The predicted octanol–water partition coefficient (Wildman–Crippen LogP) is 4.98. The van der Waals surface area contributed by atoms with Crippen LogP contribution in [0.2, 0.25) is 0 Å². The van der Waals surface area contributed by atoms with Crippen LogP contribution in [0.5, 0.6) is 0 Å². The molecule has 1 amide bonds. The van der Waals surface area contributed by atoms with E-state index in [1.165, 1.54) is 30.3 Å². The molecule has 2 aliphatic rings. The summed E-state index contributed by atoms with van der Waals surface area (Å²) in [4.78, 5) is 24.6. The summed E-state index contributed by atoms with van der Waals surface area (Å²) < 4.78 is 0. The molecular formula is C24H28N4OS. The highest BCUT2D eigenvalue weighted by molar-refractivity contribution is 8.18. The van der Waals surface area contributed by atoms with Gasteiger partial charge in [-0.15, -0.1) is 0 Å². The lowest BCUT2D eigenvalue weighted by Crippen LogP contribution is -2.28. The Morgan fingerprint density at radius 1 is 1.03 bits per heavy atom. The molecule has 0 atom stereocenters. The largest absolute Gasteiger partial charge is 0.378 e. The number of aliphatic imine (C=N–C) groups is 1. The molecule has 0 N–H and O–H groups in total. The Kier molecular flexibility index (Phi) is 6.13. The Hall–Kier alpha value is -2.73. The maximum atomic E-state index is 12.9. The molecule has 6 heteroatoms. The summed E-state index contributed by atoms with van der Waals surface area (Å²) in [6.07, 6.45) is 4.51. The maximum absolute atomic E-state index is 12.9. The molecule has 2 saturated heterocycles. The summed E-state index contributed by atoms with van der Waals surface area (Å²) in [5, 5.41) is 0.736. The molecule has 0 bridgehead atoms. The fourth-order valence-corrected chi connectivity index (χ4v) is 4.78. The van der Waals surface area contributed by atoms with Crippen LogP contribution >= 0.6 is 11.8 Å². The number of carbonyl (C=O) groups is 1. The van der Waals surface area contributed by atoms with Gasteiger partial charge in [0.2, 0.25) is 0 Å². The van der Waals surface area contributed by atoms with E-state index in [4.69, 9.17) is 4.99 Å². The van der Waals surface area contributed by atoms with Crippen molar-refractivity contribution in [3.8, 4) is 0 Å². The van der Waals surface area contributed by atoms with Gasteiger partial charge in [-0.1, -0.05) is 12.1 Å². The van der Waals surface area contributed by atoms with Gasteiger partial charge in [-0.25, -0.2) is 4.99 Å². The second-order valence-electron chi connectivity index (χ2n) is 7.75. The molecule has 0 aromatic heterocycles. The van der Waals surface area contributed by atoms with Gasteiger partial charge >= 0.3 is 0 Å². The van der Waals surface area contributed by atoms with E-state index in [9.17, 15) is 4.79 Å². The molecule has 156 valence electrons. The SMILES string of the molecule is CCN1C(=O)/C(=C/c2ccc(N3CCCC3)cc2)SC1=Nc1ccc(N(C)C)cc1. The lowest BCUT2D eigenvalue weighted by molar-refractivity contribution is -0.122. The van der Waals surface area contributed by atoms with Gasteiger partial charge in [0, 0.05) is 45.1 Å². The van der Waals surface area contributed by atoms with Gasteiger partial charge in [0.1, 0.15) is 0 Å². The van der Waals surface area contributed by atoms with Crippen LogP contribution in [-0.2, 0) is 4.79 Å². The highest BCUT2D eigenvalue weighted by atomic mass is 32.2. The first-order chi connectivity index (χ1) is 14.5. The summed E-state index contributed by atoms with van der Waals surface area (Å²) in [6, 6.07) is 16.5.